The number of hydrogen-bond acceptors (Lipinski definition) is 3. The molecule has 0 saturated heterocycles. The topological polar surface area (TPSA) is 58.9 Å². The number of aromatic nitrogens is 2. The van der Waals surface area contributed by atoms with Gasteiger partial charge >= 0.3 is 0 Å². The highest BCUT2D eigenvalue weighted by atomic mass is 35.5. The van der Waals surface area contributed by atoms with Crippen LogP contribution in [0.5, 0.6) is 0 Å². The maximum Gasteiger partial charge on any atom is 0.259 e. The van der Waals surface area contributed by atoms with Gasteiger partial charge in [0.1, 0.15) is 0 Å². The SMILES string of the molecule is Cc1cc(-c2c(C3CCCCCC3)c3cc(Cl)ccc3[nH]c2=O)on1. The third-order valence-electron chi connectivity index (χ3n) is 5.15. The molecule has 1 aliphatic rings. The summed E-state index contributed by atoms with van der Waals surface area (Å²) in [5.74, 6) is 0.881. The van der Waals surface area contributed by atoms with Gasteiger partial charge in [-0.25, -0.2) is 0 Å². The largest absolute Gasteiger partial charge is 0.356 e. The second-order valence-electron chi connectivity index (χ2n) is 6.95. The van der Waals surface area contributed by atoms with Crippen LogP contribution in [0.1, 0.15) is 55.7 Å². The molecular formula is C20H21ClN2O2. The number of nitrogens with one attached hydrogen (secondary N) is 1. The smallest absolute Gasteiger partial charge is 0.259 e. The number of rotatable bonds is 2. The first-order chi connectivity index (χ1) is 12.1. The molecule has 2 aromatic heterocycles. The van der Waals surface area contributed by atoms with E-state index in [1.807, 2.05) is 31.2 Å². The molecule has 0 spiro atoms. The molecule has 130 valence electrons. The van der Waals surface area contributed by atoms with Crippen LogP contribution >= 0.6 is 11.6 Å². The van der Waals surface area contributed by atoms with E-state index in [0.29, 0.717) is 22.3 Å². The lowest BCUT2D eigenvalue weighted by atomic mass is 9.85. The van der Waals surface area contributed by atoms with Gasteiger partial charge in [-0.2, -0.15) is 0 Å². The molecule has 1 aromatic carbocycles. The van der Waals surface area contributed by atoms with Crippen molar-refractivity contribution in [1.82, 2.24) is 10.1 Å². The summed E-state index contributed by atoms with van der Waals surface area (Å²) in [6, 6.07) is 7.49. The van der Waals surface area contributed by atoms with E-state index >= 15 is 0 Å². The summed E-state index contributed by atoms with van der Waals surface area (Å²) < 4.78 is 5.47. The molecule has 25 heavy (non-hydrogen) atoms. The first-order valence-electron chi connectivity index (χ1n) is 8.92. The number of aromatic amines is 1. The second kappa shape index (κ2) is 6.68. The first-order valence-corrected chi connectivity index (χ1v) is 9.30. The van der Waals surface area contributed by atoms with E-state index in [4.69, 9.17) is 16.1 Å². The van der Waals surface area contributed by atoms with Crippen molar-refractivity contribution in [3.63, 3.8) is 0 Å². The van der Waals surface area contributed by atoms with Crippen LogP contribution in [0.4, 0.5) is 0 Å². The third-order valence-corrected chi connectivity index (χ3v) is 5.39. The molecule has 0 bridgehead atoms. The second-order valence-corrected chi connectivity index (χ2v) is 7.39. The summed E-state index contributed by atoms with van der Waals surface area (Å²) in [5.41, 5.74) is 3.16. The van der Waals surface area contributed by atoms with E-state index in [2.05, 4.69) is 10.1 Å². The zero-order chi connectivity index (χ0) is 17.4. The zero-order valence-electron chi connectivity index (χ0n) is 14.3. The van der Waals surface area contributed by atoms with Crippen molar-refractivity contribution in [2.24, 2.45) is 0 Å². The number of pyridine rings is 1. The molecule has 2 heterocycles. The number of nitrogens with zero attached hydrogens (tertiary/aromatic N) is 1. The molecule has 0 radical (unpaired) electrons. The molecule has 1 N–H and O–H groups in total. The summed E-state index contributed by atoms with van der Waals surface area (Å²) in [5, 5.41) is 5.67. The van der Waals surface area contributed by atoms with E-state index in [0.717, 1.165) is 35.0 Å². The maximum absolute atomic E-state index is 12.9. The Bertz CT molecular complexity index is 965. The molecule has 0 amide bonds. The summed E-state index contributed by atoms with van der Waals surface area (Å²) in [7, 11) is 0. The Morgan fingerprint density at radius 1 is 1.16 bits per heavy atom. The number of hydrogen-bond donors (Lipinski definition) is 1. The van der Waals surface area contributed by atoms with E-state index < -0.39 is 0 Å². The normalized spacial score (nSPS) is 16.2. The van der Waals surface area contributed by atoms with Gasteiger partial charge in [-0.1, -0.05) is 42.4 Å². The van der Waals surface area contributed by atoms with Gasteiger partial charge < -0.3 is 9.51 Å². The Kier molecular flexibility index (Phi) is 4.38. The average Bonchev–Trinajstić information content (AvgIpc) is 2.84. The average molecular weight is 357 g/mol. The van der Waals surface area contributed by atoms with Crippen molar-refractivity contribution in [1.29, 1.82) is 0 Å². The minimum atomic E-state index is -0.120. The van der Waals surface area contributed by atoms with Gasteiger partial charge in [0, 0.05) is 22.0 Å². The van der Waals surface area contributed by atoms with Gasteiger partial charge in [0.25, 0.3) is 5.56 Å². The van der Waals surface area contributed by atoms with Crippen LogP contribution in [0.3, 0.4) is 0 Å². The van der Waals surface area contributed by atoms with Crippen LogP contribution in [0, 0.1) is 6.92 Å². The summed E-state index contributed by atoms with van der Waals surface area (Å²) >= 11 is 6.28. The van der Waals surface area contributed by atoms with Gasteiger partial charge in [0.05, 0.1) is 11.3 Å². The fourth-order valence-electron chi connectivity index (χ4n) is 4.01. The number of fused-ring (bicyclic) bond motifs is 1. The fourth-order valence-corrected chi connectivity index (χ4v) is 4.18. The van der Waals surface area contributed by atoms with Gasteiger partial charge in [-0.3, -0.25) is 4.79 Å². The van der Waals surface area contributed by atoms with E-state index in [-0.39, 0.29) is 5.56 Å². The fraction of sp³-hybridized carbons (Fsp3) is 0.400. The summed E-state index contributed by atoms with van der Waals surface area (Å²) in [6.45, 7) is 1.87. The number of benzene rings is 1. The van der Waals surface area contributed by atoms with Crippen molar-refractivity contribution in [3.8, 4) is 11.3 Å². The van der Waals surface area contributed by atoms with Crippen molar-refractivity contribution >= 4 is 22.5 Å². The molecule has 0 atom stereocenters. The molecule has 0 unspecified atom stereocenters. The highest BCUT2D eigenvalue weighted by Crippen LogP contribution is 2.40. The Hall–Kier alpha value is -2.07. The van der Waals surface area contributed by atoms with Crippen molar-refractivity contribution in [2.75, 3.05) is 0 Å². The molecule has 1 aliphatic carbocycles. The number of H-pyrrole nitrogens is 1. The number of aryl methyl sites for hydroxylation is 1. The van der Waals surface area contributed by atoms with Crippen LogP contribution in [0.15, 0.2) is 33.6 Å². The third kappa shape index (κ3) is 3.11. The zero-order valence-corrected chi connectivity index (χ0v) is 15.0. The van der Waals surface area contributed by atoms with Gasteiger partial charge in [-0.05, 0) is 49.4 Å². The van der Waals surface area contributed by atoms with Gasteiger partial charge in [-0.15, -0.1) is 0 Å². The molecular weight excluding hydrogens is 336 g/mol. The minimum absolute atomic E-state index is 0.120. The Labute approximate surface area is 151 Å². The highest BCUT2D eigenvalue weighted by Gasteiger charge is 2.25. The highest BCUT2D eigenvalue weighted by molar-refractivity contribution is 6.31. The summed E-state index contributed by atoms with van der Waals surface area (Å²) in [4.78, 5) is 15.9. The van der Waals surface area contributed by atoms with Crippen molar-refractivity contribution < 1.29 is 4.52 Å². The maximum atomic E-state index is 12.9. The van der Waals surface area contributed by atoms with Crippen molar-refractivity contribution in [3.05, 3.63) is 50.9 Å². The molecule has 4 nitrogen and oxygen atoms in total. The van der Waals surface area contributed by atoms with Crippen LogP contribution in [0.25, 0.3) is 22.2 Å². The van der Waals surface area contributed by atoms with Crippen molar-refractivity contribution in [2.45, 2.75) is 51.4 Å². The lowest BCUT2D eigenvalue weighted by molar-refractivity contribution is 0.426. The molecule has 1 saturated carbocycles. The molecule has 5 heteroatoms. The molecule has 0 aliphatic heterocycles. The van der Waals surface area contributed by atoms with Crippen LogP contribution < -0.4 is 5.56 Å². The lowest BCUT2D eigenvalue weighted by Gasteiger charge is -2.20. The van der Waals surface area contributed by atoms with E-state index in [1.165, 1.54) is 25.7 Å². The van der Waals surface area contributed by atoms with E-state index in [1.54, 1.807) is 0 Å². The quantitative estimate of drug-likeness (QED) is 0.609. The summed E-state index contributed by atoms with van der Waals surface area (Å²) in [6.07, 6.45) is 7.07. The van der Waals surface area contributed by atoms with Crippen LogP contribution in [0.2, 0.25) is 5.02 Å². The van der Waals surface area contributed by atoms with Crippen LogP contribution in [-0.4, -0.2) is 10.1 Å². The van der Waals surface area contributed by atoms with Gasteiger partial charge in [0.15, 0.2) is 5.76 Å². The minimum Gasteiger partial charge on any atom is -0.356 e. The monoisotopic (exact) mass is 356 g/mol. The Morgan fingerprint density at radius 2 is 1.92 bits per heavy atom. The Morgan fingerprint density at radius 3 is 2.60 bits per heavy atom. The molecule has 3 aromatic rings. The predicted octanol–water partition coefficient (Wildman–Crippen LogP) is 5.58. The van der Waals surface area contributed by atoms with Gasteiger partial charge in [0.2, 0.25) is 0 Å². The Balaban J connectivity index is 2.03. The van der Waals surface area contributed by atoms with E-state index in [9.17, 15) is 4.79 Å². The predicted molar refractivity (Wildman–Crippen MR) is 100 cm³/mol. The lowest BCUT2D eigenvalue weighted by Crippen LogP contribution is -2.15. The van der Waals surface area contributed by atoms with Crippen LogP contribution in [-0.2, 0) is 0 Å². The standard InChI is InChI=1S/C20H21ClN2O2/c1-12-10-17(25-23-12)19-18(13-6-4-2-3-5-7-13)15-11-14(21)8-9-16(15)22-20(19)24/h8-11,13H,2-7H2,1H3,(H,22,24). The molecule has 4 rings (SSSR count). The molecule has 1 fully saturated rings. The first kappa shape index (κ1) is 16.4. The number of halogens is 1.